The quantitative estimate of drug-likeness (QED) is 0.433. The number of rotatable bonds is 6. The average Bonchev–Trinajstić information content (AvgIpc) is 2.67. The molecule has 30 heavy (non-hydrogen) atoms. The molecule has 1 aliphatic heterocycles. The van der Waals surface area contributed by atoms with Crippen LogP contribution in [0.15, 0.2) is 41.3 Å². The lowest BCUT2D eigenvalue weighted by Gasteiger charge is -2.30. The SMILES string of the molecule is CCCCOc1c2cc3ccccc3c(=O)c-2cn(CC(C)(C)C)c1N(C)C(=O)O. The summed E-state index contributed by atoms with van der Waals surface area (Å²) >= 11 is 0. The fourth-order valence-electron chi connectivity index (χ4n) is 3.64. The smallest absolute Gasteiger partial charge is 0.412 e. The average molecular weight is 411 g/mol. The van der Waals surface area contributed by atoms with E-state index < -0.39 is 6.09 Å². The lowest BCUT2D eigenvalue weighted by Crippen LogP contribution is -2.31. The zero-order chi connectivity index (χ0) is 22.1. The van der Waals surface area contributed by atoms with Crippen molar-refractivity contribution in [1.82, 2.24) is 4.57 Å². The molecule has 0 atom stereocenters. The highest BCUT2D eigenvalue weighted by Gasteiger charge is 2.28. The van der Waals surface area contributed by atoms with Crippen LogP contribution in [0.2, 0.25) is 0 Å². The van der Waals surface area contributed by atoms with Gasteiger partial charge in [0.1, 0.15) is 0 Å². The van der Waals surface area contributed by atoms with Crippen molar-refractivity contribution in [1.29, 1.82) is 0 Å². The number of fused-ring (bicyclic) bond motifs is 2. The molecule has 0 saturated carbocycles. The van der Waals surface area contributed by atoms with Crippen LogP contribution in [-0.2, 0) is 6.54 Å². The van der Waals surface area contributed by atoms with Gasteiger partial charge in [-0.15, -0.1) is 0 Å². The van der Waals surface area contributed by atoms with E-state index in [0.29, 0.717) is 41.2 Å². The highest BCUT2D eigenvalue weighted by molar-refractivity contribution is 5.96. The van der Waals surface area contributed by atoms with Crippen molar-refractivity contribution in [2.45, 2.75) is 47.1 Å². The Morgan fingerprint density at radius 2 is 1.90 bits per heavy atom. The summed E-state index contributed by atoms with van der Waals surface area (Å²) < 4.78 is 8.00. The van der Waals surface area contributed by atoms with E-state index in [9.17, 15) is 14.7 Å². The first-order valence-electron chi connectivity index (χ1n) is 10.3. The Morgan fingerprint density at radius 3 is 2.53 bits per heavy atom. The predicted molar refractivity (Wildman–Crippen MR) is 121 cm³/mol. The van der Waals surface area contributed by atoms with Gasteiger partial charge in [0.15, 0.2) is 17.0 Å². The maximum absolute atomic E-state index is 13.3. The minimum atomic E-state index is -1.08. The molecule has 0 spiro atoms. The van der Waals surface area contributed by atoms with Gasteiger partial charge >= 0.3 is 6.09 Å². The number of hydrogen-bond donors (Lipinski definition) is 1. The molecule has 6 heteroatoms. The fourth-order valence-corrected chi connectivity index (χ4v) is 3.64. The molecule has 0 bridgehead atoms. The number of carbonyl (C=O) groups is 1. The summed E-state index contributed by atoms with van der Waals surface area (Å²) in [6.07, 6.45) is 2.48. The maximum atomic E-state index is 13.3. The first-order valence-corrected chi connectivity index (χ1v) is 10.3. The Kier molecular flexibility index (Phi) is 6.06. The molecule has 0 fully saturated rings. The Balaban J connectivity index is 2.41. The summed E-state index contributed by atoms with van der Waals surface area (Å²) in [4.78, 5) is 26.4. The monoisotopic (exact) mass is 410 g/mol. The van der Waals surface area contributed by atoms with Crippen LogP contribution in [0.25, 0.3) is 21.9 Å². The zero-order valence-electron chi connectivity index (χ0n) is 18.4. The largest absolute Gasteiger partial charge is 0.489 e. The molecule has 160 valence electrons. The Labute approximate surface area is 177 Å². The number of amides is 1. The van der Waals surface area contributed by atoms with Crippen LogP contribution >= 0.6 is 0 Å². The second kappa shape index (κ2) is 8.38. The first-order chi connectivity index (χ1) is 14.1. The first kappa shape index (κ1) is 21.7. The van der Waals surface area contributed by atoms with E-state index in [1.165, 1.54) is 11.9 Å². The normalized spacial score (nSPS) is 11.8. The van der Waals surface area contributed by atoms with E-state index in [1.807, 2.05) is 34.9 Å². The van der Waals surface area contributed by atoms with Crippen molar-refractivity contribution in [2.24, 2.45) is 5.41 Å². The van der Waals surface area contributed by atoms with Gasteiger partial charge in [0.05, 0.1) is 6.61 Å². The molecule has 1 aromatic carbocycles. The van der Waals surface area contributed by atoms with Gasteiger partial charge in [-0.1, -0.05) is 58.4 Å². The Morgan fingerprint density at radius 1 is 1.20 bits per heavy atom. The van der Waals surface area contributed by atoms with Crippen LogP contribution in [0.5, 0.6) is 5.75 Å². The maximum Gasteiger partial charge on any atom is 0.412 e. The number of benzene rings is 2. The molecule has 0 saturated heterocycles. The molecule has 1 aliphatic carbocycles. The van der Waals surface area contributed by atoms with Gasteiger partial charge < -0.3 is 14.4 Å². The third-order valence-corrected chi connectivity index (χ3v) is 5.04. The van der Waals surface area contributed by atoms with Crippen LogP contribution in [0.4, 0.5) is 10.6 Å². The molecule has 1 N–H and O–H groups in total. The highest BCUT2D eigenvalue weighted by atomic mass is 16.5. The molecule has 3 rings (SSSR count). The van der Waals surface area contributed by atoms with Crippen LogP contribution < -0.4 is 15.1 Å². The Bertz CT molecular complexity index is 1090. The van der Waals surface area contributed by atoms with Crippen molar-refractivity contribution in [3.8, 4) is 16.9 Å². The molecule has 1 amide bonds. The molecule has 1 aromatic rings. The molecule has 6 nitrogen and oxygen atoms in total. The van der Waals surface area contributed by atoms with Gasteiger partial charge in [-0.2, -0.15) is 0 Å². The molecular formula is C24H30N2O4. The summed E-state index contributed by atoms with van der Waals surface area (Å²) in [7, 11) is 1.51. The molecule has 0 radical (unpaired) electrons. The summed E-state index contributed by atoms with van der Waals surface area (Å²) in [5.41, 5.74) is 0.971. The lowest BCUT2D eigenvalue weighted by atomic mass is 9.94. The number of pyridine rings is 1. The summed E-state index contributed by atoms with van der Waals surface area (Å²) in [6.45, 7) is 9.28. The van der Waals surface area contributed by atoms with Crippen molar-refractivity contribution in [2.75, 3.05) is 18.6 Å². The van der Waals surface area contributed by atoms with Crippen LogP contribution in [0.1, 0.15) is 40.5 Å². The van der Waals surface area contributed by atoms with E-state index in [2.05, 4.69) is 27.7 Å². The summed E-state index contributed by atoms with van der Waals surface area (Å²) in [6, 6.07) is 9.37. The Hall–Kier alpha value is -3.02. The second-order valence-corrected chi connectivity index (χ2v) is 8.90. The number of aromatic nitrogens is 1. The van der Waals surface area contributed by atoms with Crippen molar-refractivity contribution >= 4 is 22.7 Å². The summed E-state index contributed by atoms with van der Waals surface area (Å²) in [5.74, 6) is 0.883. The minimum absolute atomic E-state index is 0.0735. The standard InChI is InChI=1S/C24H30N2O4/c1-6-7-12-30-21-18-13-16-10-8-9-11-17(16)20(27)19(18)14-26(15-24(2,3)4)22(21)25(5)23(28)29/h8-11,13-14H,6-7,12,15H2,1-5H3,(H,28,29). The summed E-state index contributed by atoms with van der Waals surface area (Å²) in [5, 5.41) is 11.2. The number of hydrogen-bond acceptors (Lipinski definition) is 3. The lowest BCUT2D eigenvalue weighted by molar-refractivity contribution is 0.202. The van der Waals surface area contributed by atoms with Gasteiger partial charge in [0.2, 0.25) is 0 Å². The van der Waals surface area contributed by atoms with Crippen molar-refractivity contribution in [3.63, 3.8) is 0 Å². The van der Waals surface area contributed by atoms with Gasteiger partial charge in [-0.3, -0.25) is 9.69 Å². The number of nitrogens with zero attached hydrogens (tertiary/aromatic N) is 2. The van der Waals surface area contributed by atoms with E-state index in [0.717, 1.165) is 18.2 Å². The van der Waals surface area contributed by atoms with E-state index in [1.54, 1.807) is 6.20 Å². The number of unbranched alkanes of at least 4 members (excludes halogenated alkanes) is 1. The number of ether oxygens (including phenoxy) is 1. The molecule has 0 aromatic heterocycles. The van der Waals surface area contributed by atoms with Gasteiger partial charge in [-0.25, -0.2) is 4.79 Å². The molecule has 0 unspecified atom stereocenters. The van der Waals surface area contributed by atoms with E-state index >= 15 is 0 Å². The topological polar surface area (TPSA) is 71.8 Å². The molecule has 2 aliphatic rings. The fraction of sp³-hybridized carbons (Fsp3) is 0.417. The second-order valence-electron chi connectivity index (χ2n) is 8.90. The van der Waals surface area contributed by atoms with Crippen LogP contribution in [0, 0.1) is 5.41 Å². The van der Waals surface area contributed by atoms with Crippen LogP contribution in [-0.4, -0.2) is 29.4 Å². The van der Waals surface area contributed by atoms with Crippen LogP contribution in [0.3, 0.4) is 0 Å². The van der Waals surface area contributed by atoms with E-state index in [4.69, 9.17) is 4.74 Å². The number of carboxylic acid groups (broad SMARTS) is 1. The predicted octanol–water partition coefficient (Wildman–Crippen LogP) is 5.45. The van der Waals surface area contributed by atoms with Crippen molar-refractivity contribution in [3.05, 3.63) is 46.8 Å². The van der Waals surface area contributed by atoms with Gasteiger partial charge in [0.25, 0.3) is 0 Å². The third kappa shape index (κ3) is 4.27. The third-order valence-electron chi connectivity index (χ3n) is 5.04. The highest BCUT2D eigenvalue weighted by Crippen LogP contribution is 2.41. The van der Waals surface area contributed by atoms with Gasteiger partial charge in [0, 0.05) is 36.3 Å². The molecule has 1 heterocycles. The molecular weight excluding hydrogens is 380 g/mol. The minimum Gasteiger partial charge on any atom is -0.489 e. The zero-order valence-corrected chi connectivity index (χ0v) is 18.4. The van der Waals surface area contributed by atoms with E-state index in [-0.39, 0.29) is 10.8 Å². The number of anilines is 1. The van der Waals surface area contributed by atoms with Crippen molar-refractivity contribution < 1.29 is 14.6 Å². The van der Waals surface area contributed by atoms with Gasteiger partial charge in [-0.05, 0) is 23.3 Å².